The highest BCUT2D eigenvalue weighted by Crippen LogP contribution is 2.09. The summed E-state index contributed by atoms with van der Waals surface area (Å²) in [5.41, 5.74) is 3.00. The third-order valence-corrected chi connectivity index (χ3v) is 3.31. The van der Waals surface area contributed by atoms with E-state index in [1.807, 2.05) is 12.1 Å². The molecule has 0 atom stereocenters. The van der Waals surface area contributed by atoms with Gasteiger partial charge in [-0.1, -0.05) is 31.2 Å². The van der Waals surface area contributed by atoms with Gasteiger partial charge in [-0.05, 0) is 45.6 Å². The van der Waals surface area contributed by atoms with E-state index in [0.717, 1.165) is 12.0 Å². The van der Waals surface area contributed by atoms with Crippen molar-refractivity contribution in [2.75, 3.05) is 0 Å². The lowest BCUT2D eigenvalue weighted by molar-refractivity contribution is 0.0950. The van der Waals surface area contributed by atoms with Crippen LogP contribution in [0.15, 0.2) is 47.2 Å². The van der Waals surface area contributed by atoms with Crippen LogP contribution in [-0.2, 0) is 13.0 Å². The van der Waals surface area contributed by atoms with Crippen LogP contribution >= 0.6 is 15.9 Å². The minimum absolute atomic E-state index is 0.0948. The molecule has 0 aliphatic rings. The lowest BCUT2D eigenvalue weighted by Crippen LogP contribution is -2.22. The summed E-state index contributed by atoms with van der Waals surface area (Å²) in [6.45, 7) is 2.65. The number of hydrogen-bond acceptors (Lipinski definition) is 2. The van der Waals surface area contributed by atoms with Gasteiger partial charge in [-0.3, -0.25) is 4.79 Å². The third-order valence-electron chi connectivity index (χ3n) is 2.87. The van der Waals surface area contributed by atoms with Gasteiger partial charge in [0.2, 0.25) is 0 Å². The molecule has 3 nitrogen and oxygen atoms in total. The normalized spacial score (nSPS) is 10.2. The summed E-state index contributed by atoms with van der Waals surface area (Å²) >= 11 is 3.25. The number of rotatable bonds is 4. The number of aromatic nitrogens is 1. The summed E-state index contributed by atoms with van der Waals surface area (Å²) in [4.78, 5) is 15.9. The fourth-order valence-electron chi connectivity index (χ4n) is 1.72. The molecule has 0 spiro atoms. The summed E-state index contributed by atoms with van der Waals surface area (Å²) in [5, 5.41) is 2.89. The fourth-order valence-corrected chi connectivity index (χ4v) is 2.09. The first-order valence-corrected chi connectivity index (χ1v) is 6.96. The summed E-state index contributed by atoms with van der Waals surface area (Å²) in [6, 6.07) is 11.7. The molecule has 0 saturated carbocycles. The van der Waals surface area contributed by atoms with Gasteiger partial charge in [-0.2, -0.15) is 0 Å². The average Bonchev–Trinajstić information content (AvgIpc) is 2.45. The summed E-state index contributed by atoms with van der Waals surface area (Å²) in [7, 11) is 0. The van der Waals surface area contributed by atoms with Gasteiger partial charge in [0.15, 0.2) is 0 Å². The quantitative estimate of drug-likeness (QED) is 0.878. The van der Waals surface area contributed by atoms with E-state index in [1.54, 1.807) is 18.3 Å². The number of carbonyl (C=O) groups excluding carboxylic acids is 1. The van der Waals surface area contributed by atoms with Crippen molar-refractivity contribution in [1.82, 2.24) is 10.3 Å². The lowest BCUT2D eigenvalue weighted by Gasteiger charge is -2.06. The van der Waals surface area contributed by atoms with Crippen LogP contribution in [0.4, 0.5) is 0 Å². The predicted molar refractivity (Wildman–Crippen MR) is 78.9 cm³/mol. The van der Waals surface area contributed by atoms with Crippen LogP contribution < -0.4 is 5.32 Å². The van der Waals surface area contributed by atoms with Gasteiger partial charge in [0, 0.05) is 18.3 Å². The molecule has 1 amide bonds. The Balaban J connectivity index is 1.96. The molecule has 0 aliphatic heterocycles. The van der Waals surface area contributed by atoms with Crippen LogP contribution in [0.2, 0.25) is 0 Å². The number of halogens is 1. The molecule has 2 rings (SSSR count). The Morgan fingerprint density at radius 3 is 2.53 bits per heavy atom. The van der Waals surface area contributed by atoms with Gasteiger partial charge in [-0.15, -0.1) is 0 Å². The maximum atomic E-state index is 11.9. The Morgan fingerprint density at radius 1 is 1.21 bits per heavy atom. The third kappa shape index (κ3) is 3.89. The van der Waals surface area contributed by atoms with Gasteiger partial charge < -0.3 is 5.32 Å². The number of amides is 1. The molecule has 0 fully saturated rings. The van der Waals surface area contributed by atoms with E-state index in [-0.39, 0.29) is 5.91 Å². The smallest absolute Gasteiger partial charge is 0.251 e. The van der Waals surface area contributed by atoms with E-state index in [4.69, 9.17) is 0 Å². The van der Waals surface area contributed by atoms with Crippen molar-refractivity contribution in [1.29, 1.82) is 0 Å². The molecular weight excluding hydrogens is 304 g/mol. The number of carbonyl (C=O) groups is 1. The minimum Gasteiger partial charge on any atom is -0.348 e. The molecule has 4 heteroatoms. The lowest BCUT2D eigenvalue weighted by atomic mass is 10.1. The van der Waals surface area contributed by atoms with Gasteiger partial charge >= 0.3 is 0 Å². The average molecular weight is 319 g/mol. The van der Waals surface area contributed by atoms with Crippen molar-refractivity contribution < 1.29 is 4.79 Å². The van der Waals surface area contributed by atoms with E-state index in [1.165, 1.54) is 5.56 Å². The largest absolute Gasteiger partial charge is 0.348 e. The maximum absolute atomic E-state index is 11.9. The number of aryl methyl sites for hydroxylation is 1. The molecule has 2 aromatic rings. The van der Waals surface area contributed by atoms with Crippen molar-refractivity contribution in [3.8, 4) is 0 Å². The molecule has 0 unspecified atom stereocenters. The topological polar surface area (TPSA) is 42.0 Å². The van der Waals surface area contributed by atoms with Crippen LogP contribution in [0.3, 0.4) is 0 Å². The molecule has 1 N–H and O–H groups in total. The second-order valence-corrected chi connectivity index (χ2v) is 5.03. The Labute approximate surface area is 121 Å². The summed E-state index contributed by atoms with van der Waals surface area (Å²) in [5.74, 6) is -0.0948. The van der Waals surface area contributed by atoms with Crippen LogP contribution in [0.1, 0.15) is 28.4 Å². The summed E-state index contributed by atoms with van der Waals surface area (Å²) < 4.78 is 0.660. The van der Waals surface area contributed by atoms with Crippen LogP contribution in [-0.4, -0.2) is 10.9 Å². The highest BCUT2D eigenvalue weighted by atomic mass is 79.9. The van der Waals surface area contributed by atoms with Crippen LogP contribution in [0, 0.1) is 0 Å². The summed E-state index contributed by atoms with van der Waals surface area (Å²) in [6.07, 6.45) is 2.63. The standard InChI is InChI=1S/C15H15BrN2O/c1-2-11-3-5-12(6-4-11)10-18-15(19)13-7-8-17-14(16)9-13/h3-9H,2,10H2,1H3,(H,18,19). The van der Waals surface area contributed by atoms with Crippen LogP contribution in [0.25, 0.3) is 0 Å². The second-order valence-electron chi connectivity index (χ2n) is 4.22. The Bertz CT molecular complexity index is 567. The number of nitrogens with zero attached hydrogens (tertiary/aromatic N) is 1. The van der Waals surface area contributed by atoms with Gasteiger partial charge in [-0.25, -0.2) is 4.98 Å². The van der Waals surface area contributed by atoms with Crippen molar-refractivity contribution in [3.05, 3.63) is 63.9 Å². The van der Waals surface area contributed by atoms with Crippen molar-refractivity contribution in [3.63, 3.8) is 0 Å². The first-order valence-electron chi connectivity index (χ1n) is 6.16. The SMILES string of the molecule is CCc1ccc(CNC(=O)c2ccnc(Br)c2)cc1. The molecule has 1 aromatic heterocycles. The van der Waals surface area contributed by atoms with E-state index >= 15 is 0 Å². The highest BCUT2D eigenvalue weighted by molar-refractivity contribution is 9.10. The predicted octanol–water partition coefficient (Wildman–Crippen LogP) is 3.34. The molecule has 19 heavy (non-hydrogen) atoms. The van der Waals surface area contributed by atoms with E-state index in [9.17, 15) is 4.79 Å². The van der Waals surface area contributed by atoms with Gasteiger partial charge in [0.1, 0.15) is 4.60 Å². The van der Waals surface area contributed by atoms with E-state index < -0.39 is 0 Å². The van der Waals surface area contributed by atoms with Crippen molar-refractivity contribution >= 4 is 21.8 Å². The van der Waals surface area contributed by atoms with E-state index in [2.05, 4.69) is 45.3 Å². The fraction of sp³-hybridized carbons (Fsp3) is 0.200. The molecule has 0 saturated heterocycles. The zero-order chi connectivity index (χ0) is 13.7. The molecule has 0 radical (unpaired) electrons. The molecule has 98 valence electrons. The number of nitrogens with one attached hydrogen (secondary N) is 1. The zero-order valence-electron chi connectivity index (χ0n) is 10.7. The number of hydrogen-bond donors (Lipinski definition) is 1. The van der Waals surface area contributed by atoms with Gasteiger partial charge in [0.25, 0.3) is 5.91 Å². The number of pyridine rings is 1. The van der Waals surface area contributed by atoms with Gasteiger partial charge in [0.05, 0.1) is 0 Å². The second kappa shape index (κ2) is 6.48. The Morgan fingerprint density at radius 2 is 1.89 bits per heavy atom. The first-order chi connectivity index (χ1) is 9.19. The minimum atomic E-state index is -0.0948. The zero-order valence-corrected chi connectivity index (χ0v) is 12.3. The van der Waals surface area contributed by atoms with Crippen LogP contribution in [0.5, 0.6) is 0 Å². The molecule has 1 heterocycles. The molecule has 0 bridgehead atoms. The van der Waals surface area contributed by atoms with Crippen molar-refractivity contribution in [2.45, 2.75) is 19.9 Å². The first kappa shape index (κ1) is 13.7. The highest BCUT2D eigenvalue weighted by Gasteiger charge is 2.05. The Hall–Kier alpha value is -1.68. The molecular formula is C15H15BrN2O. The molecule has 1 aromatic carbocycles. The number of benzene rings is 1. The Kier molecular flexibility index (Phi) is 4.68. The maximum Gasteiger partial charge on any atom is 0.251 e. The van der Waals surface area contributed by atoms with E-state index in [0.29, 0.717) is 16.7 Å². The van der Waals surface area contributed by atoms with Crippen molar-refractivity contribution in [2.24, 2.45) is 0 Å². The molecule has 0 aliphatic carbocycles. The monoisotopic (exact) mass is 318 g/mol.